The SMILES string of the molecule is CC(C)(Oc1ccc(F)cc1)[C@@](N)(Cc1ccc(O)c(O)c1)C(=O)O. The molecule has 0 aliphatic heterocycles. The normalized spacial score (nSPS) is 13.9. The van der Waals surface area contributed by atoms with Crippen molar-refractivity contribution in [3.05, 3.63) is 53.8 Å². The van der Waals surface area contributed by atoms with E-state index in [1.54, 1.807) is 0 Å². The standard InChI is InChI=1S/C18H20FNO5/c1-17(2,25-13-6-4-12(19)5-7-13)18(20,16(23)24)10-11-3-8-14(21)15(22)9-11/h3-9,21-22H,10,20H2,1-2H3,(H,23,24)/t18-/m1/s1. The summed E-state index contributed by atoms with van der Waals surface area (Å²) < 4.78 is 18.7. The van der Waals surface area contributed by atoms with E-state index >= 15 is 0 Å². The van der Waals surface area contributed by atoms with Crippen LogP contribution in [-0.2, 0) is 11.2 Å². The van der Waals surface area contributed by atoms with Gasteiger partial charge in [-0.1, -0.05) is 6.07 Å². The summed E-state index contributed by atoms with van der Waals surface area (Å²) in [5.41, 5.74) is 3.36. The summed E-state index contributed by atoms with van der Waals surface area (Å²) in [5, 5.41) is 28.7. The average molecular weight is 349 g/mol. The summed E-state index contributed by atoms with van der Waals surface area (Å²) in [6.45, 7) is 3.04. The molecule has 0 bridgehead atoms. The molecule has 6 nitrogen and oxygen atoms in total. The molecule has 0 amide bonds. The van der Waals surface area contributed by atoms with E-state index in [4.69, 9.17) is 10.5 Å². The van der Waals surface area contributed by atoms with Gasteiger partial charge in [-0.25, -0.2) is 4.39 Å². The lowest BCUT2D eigenvalue weighted by atomic mass is 9.78. The van der Waals surface area contributed by atoms with Gasteiger partial charge in [-0.2, -0.15) is 0 Å². The van der Waals surface area contributed by atoms with Crippen LogP contribution >= 0.6 is 0 Å². The largest absolute Gasteiger partial charge is 0.504 e. The molecule has 0 aliphatic carbocycles. The Morgan fingerprint density at radius 2 is 1.72 bits per heavy atom. The number of aliphatic carboxylic acids is 1. The molecule has 2 aromatic carbocycles. The van der Waals surface area contributed by atoms with Gasteiger partial charge in [-0.15, -0.1) is 0 Å². The Bertz CT molecular complexity index is 776. The van der Waals surface area contributed by atoms with Gasteiger partial charge in [0, 0.05) is 6.42 Å². The third-order valence-corrected chi connectivity index (χ3v) is 4.17. The number of phenols is 2. The quantitative estimate of drug-likeness (QED) is 0.596. The van der Waals surface area contributed by atoms with Crippen LogP contribution in [0.15, 0.2) is 42.5 Å². The molecule has 0 unspecified atom stereocenters. The van der Waals surface area contributed by atoms with Gasteiger partial charge in [-0.3, -0.25) is 4.79 Å². The number of hydrogen-bond donors (Lipinski definition) is 4. The molecule has 25 heavy (non-hydrogen) atoms. The Morgan fingerprint density at radius 1 is 1.12 bits per heavy atom. The lowest BCUT2D eigenvalue weighted by Crippen LogP contribution is -2.66. The molecule has 0 aliphatic rings. The van der Waals surface area contributed by atoms with E-state index in [1.807, 2.05) is 0 Å². The Labute approximate surface area is 144 Å². The van der Waals surface area contributed by atoms with E-state index in [9.17, 15) is 24.5 Å². The van der Waals surface area contributed by atoms with Gasteiger partial charge in [0.2, 0.25) is 0 Å². The average Bonchev–Trinajstić information content (AvgIpc) is 2.52. The summed E-state index contributed by atoms with van der Waals surface area (Å²) in [6.07, 6.45) is -0.162. The van der Waals surface area contributed by atoms with Crippen LogP contribution in [0.4, 0.5) is 4.39 Å². The van der Waals surface area contributed by atoms with Crippen molar-refractivity contribution >= 4 is 5.97 Å². The van der Waals surface area contributed by atoms with Crippen LogP contribution in [0.1, 0.15) is 19.4 Å². The summed E-state index contributed by atoms with van der Waals surface area (Å²) >= 11 is 0. The van der Waals surface area contributed by atoms with Crippen LogP contribution < -0.4 is 10.5 Å². The highest BCUT2D eigenvalue weighted by molar-refractivity contribution is 5.81. The zero-order chi connectivity index (χ0) is 18.8. The van der Waals surface area contributed by atoms with Crippen LogP contribution in [0.25, 0.3) is 0 Å². The molecule has 0 saturated carbocycles. The Balaban J connectivity index is 2.34. The zero-order valence-electron chi connectivity index (χ0n) is 13.9. The van der Waals surface area contributed by atoms with Gasteiger partial charge in [0.25, 0.3) is 0 Å². The molecule has 0 spiro atoms. The predicted molar refractivity (Wildman–Crippen MR) is 89.1 cm³/mol. The van der Waals surface area contributed by atoms with Crippen LogP contribution in [0.5, 0.6) is 17.2 Å². The number of hydrogen-bond acceptors (Lipinski definition) is 5. The Morgan fingerprint density at radius 3 is 2.24 bits per heavy atom. The minimum atomic E-state index is -1.86. The monoisotopic (exact) mass is 349 g/mol. The minimum Gasteiger partial charge on any atom is -0.504 e. The molecule has 2 aromatic rings. The maximum absolute atomic E-state index is 13.0. The molecule has 1 atom stereocenters. The van der Waals surface area contributed by atoms with E-state index in [2.05, 4.69) is 0 Å². The third-order valence-electron chi connectivity index (χ3n) is 4.17. The Kier molecular flexibility index (Phi) is 4.89. The van der Waals surface area contributed by atoms with Crippen LogP contribution in [0, 0.1) is 5.82 Å². The van der Waals surface area contributed by atoms with E-state index in [0.717, 1.165) is 0 Å². The van der Waals surface area contributed by atoms with Crippen molar-refractivity contribution in [3.63, 3.8) is 0 Å². The number of aromatic hydroxyl groups is 2. The van der Waals surface area contributed by atoms with Gasteiger partial charge in [-0.05, 0) is 55.8 Å². The number of rotatable bonds is 6. The second kappa shape index (κ2) is 6.60. The highest BCUT2D eigenvalue weighted by atomic mass is 19.1. The van der Waals surface area contributed by atoms with Crippen molar-refractivity contribution in [3.8, 4) is 17.2 Å². The van der Waals surface area contributed by atoms with Gasteiger partial charge in [0.15, 0.2) is 17.0 Å². The van der Waals surface area contributed by atoms with Crippen molar-refractivity contribution in [2.45, 2.75) is 31.4 Å². The van der Waals surface area contributed by atoms with E-state index in [1.165, 1.54) is 56.3 Å². The first-order chi connectivity index (χ1) is 11.5. The minimum absolute atomic E-state index is 0.162. The number of ether oxygens (including phenoxy) is 1. The number of phenolic OH excluding ortho intramolecular Hbond substituents is 2. The van der Waals surface area contributed by atoms with Crippen LogP contribution in [-0.4, -0.2) is 32.4 Å². The molecule has 0 aromatic heterocycles. The van der Waals surface area contributed by atoms with E-state index < -0.39 is 22.9 Å². The lowest BCUT2D eigenvalue weighted by Gasteiger charge is -2.40. The fourth-order valence-electron chi connectivity index (χ4n) is 2.44. The molecule has 0 heterocycles. The third kappa shape index (κ3) is 3.83. The number of carboxylic acids is 1. The first kappa shape index (κ1) is 18.5. The van der Waals surface area contributed by atoms with Crippen molar-refractivity contribution in [1.29, 1.82) is 0 Å². The molecular weight excluding hydrogens is 329 g/mol. The molecule has 0 radical (unpaired) electrons. The first-order valence-corrected chi connectivity index (χ1v) is 7.53. The number of halogens is 1. The van der Waals surface area contributed by atoms with Gasteiger partial charge >= 0.3 is 5.97 Å². The fourth-order valence-corrected chi connectivity index (χ4v) is 2.44. The van der Waals surface area contributed by atoms with E-state index in [-0.39, 0.29) is 23.7 Å². The second-order valence-corrected chi connectivity index (χ2v) is 6.34. The van der Waals surface area contributed by atoms with Crippen molar-refractivity contribution < 1.29 is 29.2 Å². The van der Waals surface area contributed by atoms with Gasteiger partial charge < -0.3 is 25.8 Å². The maximum Gasteiger partial charge on any atom is 0.328 e. The zero-order valence-corrected chi connectivity index (χ0v) is 13.9. The molecule has 7 heteroatoms. The molecule has 2 rings (SSSR count). The summed E-state index contributed by atoms with van der Waals surface area (Å²) in [5.74, 6) is -2.16. The number of carbonyl (C=O) groups is 1. The number of benzene rings is 2. The number of carboxylic acid groups (broad SMARTS) is 1. The summed E-state index contributed by atoms with van der Waals surface area (Å²) in [6, 6.07) is 9.12. The highest BCUT2D eigenvalue weighted by Crippen LogP contribution is 2.32. The molecule has 5 N–H and O–H groups in total. The molecular formula is C18H20FNO5. The highest BCUT2D eigenvalue weighted by Gasteiger charge is 2.50. The van der Waals surface area contributed by atoms with Gasteiger partial charge in [0.05, 0.1) is 0 Å². The van der Waals surface area contributed by atoms with Gasteiger partial charge in [0.1, 0.15) is 17.2 Å². The maximum atomic E-state index is 13.0. The van der Waals surface area contributed by atoms with Crippen molar-refractivity contribution in [2.75, 3.05) is 0 Å². The summed E-state index contributed by atoms with van der Waals surface area (Å²) in [4.78, 5) is 11.9. The topological polar surface area (TPSA) is 113 Å². The lowest BCUT2D eigenvalue weighted by molar-refractivity contribution is -0.151. The van der Waals surface area contributed by atoms with Crippen LogP contribution in [0.3, 0.4) is 0 Å². The number of nitrogens with two attached hydrogens (primary N) is 1. The Hall–Kier alpha value is -2.80. The second-order valence-electron chi connectivity index (χ2n) is 6.34. The first-order valence-electron chi connectivity index (χ1n) is 7.53. The molecule has 134 valence electrons. The predicted octanol–water partition coefficient (Wildman–Crippen LogP) is 2.42. The smallest absolute Gasteiger partial charge is 0.328 e. The van der Waals surface area contributed by atoms with Crippen molar-refractivity contribution in [2.24, 2.45) is 5.73 Å². The molecule has 0 fully saturated rings. The van der Waals surface area contributed by atoms with Crippen LogP contribution in [0.2, 0.25) is 0 Å². The fraction of sp³-hybridized carbons (Fsp3) is 0.278. The summed E-state index contributed by atoms with van der Waals surface area (Å²) in [7, 11) is 0. The molecule has 0 saturated heterocycles. The van der Waals surface area contributed by atoms with E-state index in [0.29, 0.717) is 5.56 Å². The van der Waals surface area contributed by atoms with Crippen molar-refractivity contribution in [1.82, 2.24) is 0 Å².